The van der Waals surface area contributed by atoms with E-state index < -0.39 is 0 Å². The van der Waals surface area contributed by atoms with E-state index in [1.165, 1.54) is 58.2 Å². The average Bonchev–Trinajstić information content (AvgIpc) is 2.38. The highest BCUT2D eigenvalue weighted by Gasteiger charge is 2.22. The lowest BCUT2D eigenvalue weighted by Gasteiger charge is -2.34. The summed E-state index contributed by atoms with van der Waals surface area (Å²) in [4.78, 5) is 2.49. The van der Waals surface area contributed by atoms with Gasteiger partial charge in [-0.15, -0.1) is 0 Å². The van der Waals surface area contributed by atoms with Crippen LogP contribution in [0.1, 0.15) is 59.3 Å². The van der Waals surface area contributed by atoms with Crippen molar-refractivity contribution in [1.82, 2.24) is 10.2 Å². The Morgan fingerprint density at radius 1 is 1.33 bits per heavy atom. The molecule has 0 spiro atoms. The minimum absolute atomic E-state index is 0.684. The Balaban J connectivity index is 2.23. The largest absolute Gasteiger partial charge is 0.314 e. The Bertz CT molecular complexity index is 205. The van der Waals surface area contributed by atoms with E-state index in [1.807, 2.05) is 0 Å². The third-order valence-electron chi connectivity index (χ3n) is 4.64. The SMILES string of the molecule is CCCCC(CC)CNC(C)C1CCCN(C)C1. The van der Waals surface area contributed by atoms with Gasteiger partial charge in [0.25, 0.3) is 0 Å². The third kappa shape index (κ3) is 5.71. The van der Waals surface area contributed by atoms with Crippen LogP contribution in [0, 0.1) is 11.8 Å². The molecule has 1 saturated heterocycles. The lowest BCUT2D eigenvalue weighted by Crippen LogP contribution is -2.44. The minimum Gasteiger partial charge on any atom is -0.314 e. The highest BCUT2D eigenvalue weighted by molar-refractivity contribution is 4.79. The molecule has 0 radical (unpaired) electrons. The molecule has 108 valence electrons. The van der Waals surface area contributed by atoms with Crippen molar-refractivity contribution in [2.24, 2.45) is 11.8 Å². The van der Waals surface area contributed by atoms with Crippen molar-refractivity contribution in [3.8, 4) is 0 Å². The molecule has 2 heteroatoms. The standard InChI is InChI=1S/C16H34N2/c1-5-7-9-15(6-2)12-17-14(3)16-10-8-11-18(4)13-16/h14-17H,5-13H2,1-4H3. The van der Waals surface area contributed by atoms with Gasteiger partial charge >= 0.3 is 0 Å². The second-order valence-electron chi connectivity index (χ2n) is 6.28. The molecule has 1 heterocycles. The Hall–Kier alpha value is -0.0800. The van der Waals surface area contributed by atoms with Crippen LogP contribution in [-0.2, 0) is 0 Å². The van der Waals surface area contributed by atoms with Gasteiger partial charge in [-0.2, -0.15) is 0 Å². The number of piperidine rings is 1. The van der Waals surface area contributed by atoms with Crippen molar-refractivity contribution in [2.75, 3.05) is 26.7 Å². The fourth-order valence-corrected chi connectivity index (χ4v) is 3.08. The zero-order chi connectivity index (χ0) is 13.4. The summed E-state index contributed by atoms with van der Waals surface area (Å²) in [6.07, 6.45) is 8.23. The van der Waals surface area contributed by atoms with Crippen LogP contribution in [0.2, 0.25) is 0 Å². The Morgan fingerprint density at radius 2 is 2.11 bits per heavy atom. The van der Waals surface area contributed by atoms with E-state index in [4.69, 9.17) is 0 Å². The predicted molar refractivity (Wildman–Crippen MR) is 81.0 cm³/mol. The highest BCUT2D eigenvalue weighted by atomic mass is 15.1. The summed E-state index contributed by atoms with van der Waals surface area (Å²) < 4.78 is 0. The van der Waals surface area contributed by atoms with Gasteiger partial charge in [-0.05, 0) is 58.2 Å². The molecule has 3 atom stereocenters. The first-order chi connectivity index (χ1) is 8.67. The molecule has 1 fully saturated rings. The van der Waals surface area contributed by atoms with Crippen LogP contribution in [0.5, 0.6) is 0 Å². The first-order valence-corrected chi connectivity index (χ1v) is 8.09. The normalized spacial score (nSPS) is 25.0. The summed E-state index contributed by atoms with van der Waals surface area (Å²) in [5.74, 6) is 1.74. The molecule has 0 aromatic heterocycles. The van der Waals surface area contributed by atoms with Gasteiger partial charge in [0.1, 0.15) is 0 Å². The van der Waals surface area contributed by atoms with Gasteiger partial charge in [-0.1, -0.05) is 33.1 Å². The van der Waals surface area contributed by atoms with E-state index >= 15 is 0 Å². The Kier molecular flexibility index (Phi) is 7.92. The maximum atomic E-state index is 3.81. The van der Waals surface area contributed by atoms with E-state index in [-0.39, 0.29) is 0 Å². The monoisotopic (exact) mass is 254 g/mol. The van der Waals surface area contributed by atoms with Gasteiger partial charge in [0, 0.05) is 12.6 Å². The van der Waals surface area contributed by atoms with Crippen LogP contribution in [0.25, 0.3) is 0 Å². The van der Waals surface area contributed by atoms with E-state index in [0.717, 1.165) is 11.8 Å². The van der Waals surface area contributed by atoms with Crippen LogP contribution in [0.3, 0.4) is 0 Å². The molecule has 0 aromatic rings. The van der Waals surface area contributed by atoms with Crippen LogP contribution < -0.4 is 5.32 Å². The molecule has 18 heavy (non-hydrogen) atoms. The zero-order valence-corrected chi connectivity index (χ0v) is 13.0. The number of hydrogen-bond acceptors (Lipinski definition) is 2. The summed E-state index contributed by atoms with van der Waals surface area (Å²) in [7, 11) is 2.26. The molecule has 0 bridgehead atoms. The summed E-state index contributed by atoms with van der Waals surface area (Å²) in [6, 6.07) is 0.684. The zero-order valence-electron chi connectivity index (χ0n) is 13.0. The maximum absolute atomic E-state index is 3.81. The number of nitrogens with zero attached hydrogens (tertiary/aromatic N) is 1. The van der Waals surface area contributed by atoms with Crippen molar-refractivity contribution in [3.05, 3.63) is 0 Å². The van der Waals surface area contributed by atoms with Gasteiger partial charge in [0.15, 0.2) is 0 Å². The Morgan fingerprint density at radius 3 is 2.72 bits per heavy atom. The third-order valence-corrected chi connectivity index (χ3v) is 4.64. The van der Waals surface area contributed by atoms with Gasteiger partial charge in [0.2, 0.25) is 0 Å². The van der Waals surface area contributed by atoms with Crippen molar-refractivity contribution in [3.63, 3.8) is 0 Å². The molecule has 0 saturated carbocycles. The quantitative estimate of drug-likeness (QED) is 0.713. The van der Waals surface area contributed by atoms with Gasteiger partial charge in [-0.25, -0.2) is 0 Å². The van der Waals surface area contributed by atoms with Crippen LogP contribution >= 0.6 is 0 Å². The topological polar surface area (TPSA) is 15.3 Å². The summed E-state index contributed by atoms with van der Waals surface area (Å²) >= 11 is 0. The second kappa shape index (κ2) is 8.92. The molecule has 1 aliphatic rings. The predicted octanol–water partition coefficient (Wildman–Crippen LogP) is 3.52. The van der Waals surface area contributed by atoms with Crippen molar-refractivity contribution >= 4 is 0 Å². The van der Waals surface area contributed by atoms with Crippen LogP contribution in [-0.4, -0.2) is 37.6 Å². The van der Waals surface area contributed by atoms with E-state index in [1.54, 1.807) is 0 Å². The molecule has 0 aliphatic carbocycles. The maximum Gasteiger partial charge on any atom is 0.00793 e. The average molecular weight is 254 g/mol. The lowest BCUT2D eigenvalue weighted by molar-refractivity contribution is 0.175. The van der Waals surface area contributed by atoms with E-state index in [9.17, 15) is 0 Å². The van der Waals surface area contributed by atoms with Crippen LogP contribution in [0.15, 0.2) is 0 Å². The van der Waals surface area contributed by atoms with E-state index in [0.29, 0.717) is 6.04 Å². The molecule has 1 aliphatic heterocycles. The molecular formula is C16H34N2. The fraction of sp³-hybridized carbons (Fsp3) is 1.00. The van der Waals surface area contributed by atoms with Crippen LogP contribution in [0.4, 0.5) is 0 Å². The fourth-order valence-electron chi connectivity index (χ4n) is 3.08. The van der Waals surface area contributed by atoms with Gasteiger partial charge in [-0.3, -0.25) is 0 Å². The smallest absolute Gasteiger partial charge is 0.00793 e. The number of nitrogens with one attached hydrogen (secondary N) is 1. The summed E-state index contributed by atoms with van der Waals surface area (Å²) in [5, 5.41) is 3.81. The van der Waals surface area contributed by atoms with E-state index in [2.05, 4.69) is 38.0 Å². The molecule has 0 amide bonds. The minimum atomic E-state index is 0.684. The number of hydrogen-bond donors (Lipinski definition) is 1. The van der Waals surface area contributed by atoms with Gasteiger partial charge in [0.05, 0.1) is 0 Å². The molecule has 0 aromatic carbocycles. The molecule has 1 N–H and O–H groups in total. The lowest BCUT2D eigenvalue weighted by atomic mass is 9.91. The molecular weight excluding hydrogens is 220 g/mol. The number of likely N-dealkylation sites (tertiary alicyclic amines) is 1. The second-order valence-corrected chi connectivity index (χ2v) is 6.28. The number of rotatable bonds is 8. The highest BCUT2D eigenvalue weighted by Crippen LogP contribution is 2.19. The number of unbranched alkanes of at least 4 members (excludes halogenated alkanes) is 1. The molecule has 1 rings (SSSR count). The summed E-state index contributed by atoms with van der Waals surface area (Å²) in [5.41, 5.74) is 0. The van der Waals surface area contributed by atoms with Crippen molar-refractivity contribution in [2.45, 2.75) is 65.3 Å². The summed E-state index contributed by atoms with van der Waals surface area (Å²) in [6.45, 7) is 10.8. The van der Waals surface area contributed by atoms with Crippen molar-refractivity contribution in [1.29, 1.82) is 0 Å². The molecule has 3 unspecified atom stereocenters. The van der Waals surface area contributed by atoms with Gasteiger partial charge < -0.3 is 10.2 Å². The Labute approximate surface area is 115 Å². The first-order valence-electron chi connectivity index (χ1n) is 8.09. The van der Waals surface area contributed by atoms with Crippen molar-refractivity contribution < 1.29 is 0 Å². The molecule has 2 nitrogen and oxygen atoms in total. The first kappa shape index (κ1) is 16.0.